The van der Waals surface area contributed by atoms with Crippen LogP contribution >= 0.6 is 0 Å². The fourth-order valence-electron chi connectivity index (χ4n) is 2.33. The van der Waals surface area contributed by atoms with E-state index in [1.807, 2.05) is 13.8 Å². The third-order valence-corrected chi connectivity index (χ3v) is 3.55. The van der Waals surface area contributed by atoms with Gasteiger partial charge in [0.15, 0.2) is 0 Å². The third kappa shape index (κ3) is 4.64. The largest absolute Gasteiger partial charge is 0.435 e. The molecule has 22 heavy (non-hydrogen) atoms. The van der Waals surface area contributed by atoms with Gasteiger partial charge in [-0.3, -0.25) is 9.69 Å². The van der Waals surface area contributed by atoms with Gasteiger partial charge in [-0.25, -0.2) is 0 Å². The quantitative estimate of drug-likeness (QED) is 0.906. The number of halogens is 2. The van der Waals surface area contributed by atoms with Crippen LogP contribution in [0.25, 0.3) is 0 Å². The van der Waals surface area contributed by atoms with Crippen LogP contribution < -0.4 is 10.1 Å². The minimum Gasteiger partial charge on any atom is -0.435 e. The van der Waals surface area contributed by atoms with Crippen molar-refractivity contribution >= 4 is 11.6 Å². The number of nitrogens with zero attached hydrogens (tertiary/aromatic N) is 1. The first-order chi connectivity index (χ1) is 10.5. The van der Waals surface area contributed by atoms with Crippen LogP contribution in [0.2, 0.25) is 0 Å². The normalized spacial score (nSPS) is 20.7. The number of ether oxygens (including phenoxy) is 2. The van der Waals surface area contributed by atoms with E-state index in [-0.39, 0.29) is 23.8 Å². The Balaban J connectivity index is 1.90. The summed E-state index contributed by atoms with van der Waals surface area (Å²) in [4.78, 5) is 14.3. The molecule has 1 aromatic rings. The van der Waals surface area contributed by atoms with Crippen molar-refractivity contribution in [2.24, 2.45) is 0 Å². The molecule has 0 aromatic heterocycles. The van der Waals surface area contributed by atoms with Crippen molar-refractivity contribution in [3.05, 3.63) is 24.3 Å². The first kappa shape index (κ1) is 16.6. The minimum absolute atomic E-state index is 0.0584. The second-order valence-corrected chi connectivity index (χ2v) is 5.24. The summed E-state index contributed by atoms with van der Waals surface area (Å²) in [5.41, 5.74) is 0.541. The van der Waals surface area contributed by atoms with Crippen molar-refractivity contribution in [1.82, 2.24) is 4.90 Å². The molecule has 0 radical (unpaired) electrons. The molecule has 1 aliphatic rings. The number of hydrogen-bond donors (Lipinski definition) is 1. The molecule has 0 bridgehead atoms. The highest BCUT2D eigenvalue weighted by Gasteiger charge is 2.26. The Morgan fingerprint density at radius 1 is 1.41 bits per heavy atom. The predicted molar refractivity (Wildman–Crippen MR) is 78.2 cm³/mol. The number of anilines is 1. The van der Waals surface area contributed by atoms with E-state index in [0.717, 1.165) is 0 Å². The van der Waals surface area contributed by atoms with Crippen molar-refractivity contribution < 1.29 is 23.0 Å². The Morgan fingerprint density at radius 3 is 2.68 bits per heavy atom. The number of morpholine rings is 1. The molecule has 1 N–H and O–H groups in total. The van der Waals surface area contributed by atoms with Crippen LogP contribution in [0.15, 0.2) is 24.3 Å². The Hall–Kier alpha value is -1.73. The molecule has 7 heteroatoms. The topological polar surface area (TPSA) is 50.8 Å². The summed E-state index contributed by atoms with van der Waals surface area (Å²) < 4.78 is 33.8. The van der Waals surface area contributed by atoms with Crippen LogP contribution in [0.5, 0.6) is 5.75 Å². The highest BCUT2D eigenvalue weighted by atomic mass is 19.3. The summed E-state index contributed by atoms with van der Waals surface area (Å²) in [5, 5.41) is 2.77. The van der Waals surface area contributed by atoms with Crippen LogP contribution in [0.1, 0.15) is 13.8 Å². The zero-order chi connectivity index (χ0) is 16.1. The fourth-order valence-corrected chi connectivity index (χ4v) is 2.33. The van der Waals surface area contributed by atoms with Gasteiger partial charge >= 0.3 is 6.61 Å². The maximum absolute atomic E-state index is 12.2. The van der Waals surface area contributed by atoms with E-state index in [9.17, 15) is 13.6 Å². The van der Waals surface area contributed by atoms with E-state index in [1.165, 1.54) is 24.3 Å². The van der Waals surface area contributed by atoms with E-state index < -0.39 is 6.61 Å². The Kier molecular flexibility index (Phi) is 5.68. The molecule has 0 spiro atoms. The number of hydrogen-bond acceptors (Lipinski definition) is 4. The third-order valence-electron chi connectivity index (χ3n) is 3.55. The molecule has 1 heterocycles. The number of carbonyl (C=O) groups is 1. The van der Waals surface area contributed by atoms with E-state index in [4.69, 9.17) is 4.74 Å². The monoisotopic (exact) mass is 314 g/mol. The van der Waals surface area contributed by atoms with Crippen LogP contribution in [-0.2, 0) is 9.53 Å². The summed E-state index contributed by atoms with van der Waals surface area (Å²) in [6.45, 7) is 2.97. The number of amides is 1. The van der Waals surface area contributed by atoms with E-state index in [2.05, 4.69) is 15.0 Å². The molecule has 122 valence electrons. The summed E-state index contributed by atoms with van der Waals surface area (Å²) in [6, 6.07) is 5.56. The molecule has 1 saturated heterocycles. The van der Waals surface area contributed by atoms with Gasteiger partial charge in [0.05, 0.1) is 18.8 Å². The Bertz CT molecular complexity index is 496. The molecule has 0 aliphatic carbocycles. The number of carbonyl (C=O) groups excluding carboxylic acids is 1. The van der Waals surface area contributed by atoms with Crippen molar-refractivity contribution in [3.8, 4) is 5.75 Å². The van der Waals surface area contributed by atoms with Gasteiger partial charge in [-0.2, -0.15) is 8.78 Å². The maximum atomic E-state index is 12.2. The van der Waals surface area contributed by atoms with Crippen LogP contribution in [0, 0.1) is 0 Å². The molecule has 1 aromatic carbocycles. The van der Waals surface area contributed by atoms with E-state index >= 15 is 0 Å². The first-order valence-corrected chi connectivity index (χ1v) is 7.17. The predicted octanol–water partition coefficient (Wildman–Crippen LogP) is 2.34. The second-order valence-electron chi connectivity index (χ2n) is 5.24. The molecule has 5 nitrogen and oxygen atoms in total. The van der Waals surface area contributed by atoms with E-state index in [1.54, 1.807) is 0 Å². The highest BCUT2D eigenvalue weighted by Crippen LogP contribution is 2.18. The standard InChI is InChI=1S/C15H20F2N2O3/c1-10-9-19(7-8-21-10)11(2)14(20)18-12-3-5-13(6-4-12)22-15(16)17/h3-6,10-11,15H,7-9H2,1-2H3,(H,18,20)/t10-,11+/m1/s1. The fraction of sp³-hybridized carbons (Fsp3) is 0.533. The van der Waals surface area contributed by atoms with Crippen LogP contribution in [-0.4, -0.2) is 49.3 Å². The molecule has 1 amide bonds. The van der Waals surface area contributed by atoms with Crippen LogP contribution in [0.4, 0.5) is 14.5 Å². The molecule has 1 fully saturated rings. The number of alkyl halides is 2. The smallest absolute Gasteiger partial charge is 0.387 e. The number of benzene rings is 1. The van der Waals surface area contributed by atoms with Gasteiger partial charge in [0, 0.05) is 18.8 Å². The number of rotatable bonds is 5. The lowest BCUT2D eigenvalue weighted by Crippen LogP contribution is -2.50. The van der Waals surface area contributed by atoms with Crippen molar-refractivity contribution in [2.45, 2.75) is 32.6 Å². The summed E-state index contributed by atoms with van der Waals surface area (Å²) in [7, 11) is 0. The molecular weight excluding hydrogens is 294 g/mol. The lowest BCUT2D eigenvalue weighted by atomic mass is 10.2. The summed E-state index contributed by atoms with van der Waals surface area (Å²) >= 11 is 0. The molecule has 0 unspecified atom stereocenters. The van der Waals surface area contributed by atoms with Gasteiger partial charge in [-0.05, 0) is 38.1 Å². The van der Waals surface area contributed by atoms with Crippen molar-refractivity contribution in [3.63, 3.8) is 0 Å². The first-order valence-electron chi connectivity index (χ1n) is 7.17. The second kappa shape index (κ2) is 7.51. The molecule has 2 atom stereocenters. The van der Waals surface area contributed by atoms with Crippen molar-refractivity contribution in [1.29, 1.82) is 0 Å². The van der Waals surface area contributed by atoms with Gasteiger partial charge in [-0.1, -0.05) is 0 Å². The lowest BCUT2D eigenvalue weighted by molar-refractivity contribution is -0.123. The Labute approximate surface area is 128 Å². The summed E-state index contributed by atoms with van der Waals surface area (Å²) in [6.07, 6.45) is 0.106. The van der Waals surface area contributed by atoms with Gasteiger partial charge < -0.3 is 14.8 Å². The molecular formula is C15H20F2N2O3. The van der Waals surface area contributed by atoms with Gasteiger partial charge in [0.1, 0.15) is 5.75 Å². The molecule has 2 rings (SSSR count). The molecule has 1 aliphatic heterocycles. The van der Waals surface area contributed by atoms with Crippen LogP contribution in [0.3, 0.4) is 0 Å². The minimum atomic E-state index is -2.86. The Morgan fingerprint density at radius 2 is 2.09 bits per heavy atom. The molecule has 0 saturated carbocycles. The average molecular weight is 314 g/mol. The lowest BCUT2D eigenvalue weighted by Gasteiger charge is -2.34. The van der Waals surface area contributed by atoms with Gasteiger partial charge in [0.25, 0.3) is 0 Å². The van der Waals surface area contributed by atoms with Gasteiger partial charge in [-0.15, -0.1) is 0 Å². The SMILES string of the molecule is C[C@@H]1CN([C@@H](C)C(=O)Nc2ccc(OC(F)F)cc2)CCO1. The highest BCUT2D eigenvalue weighted by molar-refractivity contribution is 5.94. The average Bonchev–Trinajstić information content (AvgIpc) is 2.48. The van der Waals surface area contributed by atoms with Crippen molar-refractivity contribution in [2.75, 3.05) is 25.0 Å². The number of nitrogens with one attached hydrogen (secondary N) is 1. The maximum Gasteiger partial charge on any atom is 0.387 e. The zero-order valence-electron chi connectivity index (χ0n) is 12.6. The van der Waals surface area contributed by atoms with Gasteiger partial charge in [0.2, 0.25) is 5.91 Å². The zero-order valence-corrected chi connectivity index (χ0v) is 12.6. The summed E-state index contributed by atoms with van der Waals surface area (Å²) in [5.74, 6) is -0.0836. The van der Waals surface area contributed by atoms with E-state index in [0.29, 0.717) is 25.4 Å².